The van der Waals surface area contributed by atoms with Crippen molar-refractivity contribution in [1.82, 2.24) is 19.6 Å². The summed E-state index contributed by atoms with van der Waals surface area (Å²) in [7, 11) is -9.51. The van der Waals surface area contributed by atoms with Crippen molar-refractivity contribution in [2.24, 2.45) is 5.92 Å². The first-order valence-electron chi connectivity index (χ1n) is 11.2. The van der Waals surface area contributed by atoms with Crippen LogP contribution in [0.25, 0.3) is 5.65 Å². The van der Waals surface area contributed by atoms with Crippen molar-refractivity contribution in [3.63, 3.8) is 0 Å². The van der Waals surface area contributed by atoms with Crippen LogP contribution in [-0.2, 0) is 18.4 Å². The second-order valence-corrected chi connectivity index (χ2v) is 13.4. The molecule has 202 valence electrons. The molecule has 1 aliphatic carbocycles. The maximum Gasteiger partial charge on any atom is 0.340 e. The van der Waals surface area contributed by atoms with E-state index in [1.54, 1.807) is 0 Å². The number of nitrogens with zero attached hydrogens (tertiary/aromatic N) is 4. The third-order valence-electron chi connectivity index (χ3n) is 6.13. The molecule has 0 bridgehead atoms. The molecule has 4 rings (SSSR count). The van der Waals surface area contributed by atoms with Crippen molar-refractivity contribution in [3.05, 3.63) is 17.2 Å². The van der Waals surface area contributed by atoms with E-state index >= 15 is 0 Å². The molecule has 2 fully saturated rings. The van der Waals surface area contributed by atoms with E-state index in [1.165, 1.54) is 10.7 Å². The molecule has 18 heteroatoms. The molecule has 7 atom stereocenters. The normalized spacial score (nSPS) is 31.0. The highest BCUT2D eigenvalue weighted by Gasteiger charge is 2.46. The first-order valence-corrected chi connectivity index (χ1v) is 15.1. The van der Waals surface area contributed by atoms with Crippen LogP contribution in [0.2, 0.25) is 5.28 Å². The lowest BCUT2D eigenvalue weighted by atomic mass is 9.87. The van der Waals surface area contributed by atoms with Crippen molar-refractivity contribution in [2.75, 3.05) is 24.4 Å². The van der Waals surface area contributed by atoms with Crippen LogP contribution in [-0.4, -0.2) is 93.1 Å². The SMILES string of the molecule is O=P(O)(O)CP(=O)(O)OC[C@H]1O[C@@H](c2cnc3c(NCC4CCCC(O)C4)nc(Cl)nn23)[C@H](O)[C@@H]1O. The zero-order valence-electron chi connectivity index (χ0n) is 18.9. The van der Waals surface area contributed by atoms with Gasteiger partial charge in [0.2, 0.25) is 5.28 Å². The molecule has 0 spiro atoms. The number of aliphatic hydroxyl groups excluding tert-OH is 3. The summed E-state index contributed by atoms with van der Waals surface area (Å²) in [6.07, 6.45) is -1.19. The zero-order valence-corrected chi connectivity index (χ0v) is 21.4. The minimum Gasteiger partial charge on any atom is -0.393 e. The Labute approximate surface area is 210 Å². The average Bonchev–Trinajstić information content (AvgIpc) is 3.30. The van der Waals surface area contributed by atoms with Crippen LogP contribution >= 0.6 is 26.8 Å². The number of fused-ring (bicyclic) bond motifs is 1. The number of aliphatic hydroxyl groups is 3. The van der Waals surface area contributed by atoms with Gasteiger partial charge < -0.3 is 44.6 Å². The lowest BCUT2D eigenvalue weighted by Gasteiger charge is -2.26. The van der Waals surface area contributed by atoms with Crippen LogP contribution in [0.5, 0.6) is 0 Å². The lowest BCUT2D eigenvalue weighted by Crippen LogP contribution is -2.33. The van der Waals surface area contributed by atoms with E-state index in [0.29, 0.717) is 18.8 Å². The summed E-state index contributed by atoms with van der Waals surface area (Å²) in [5.74, 6) is -0.832. The maximum absolute atomic E-state index is 11.9. The summed E-state index contributed by atoms with van der Waals surface area (Å²) in [5, 5.41) is 38.0. The molecule has 7 N–H and O–H groups in total. The number of imidazole rings is 1. The molecular formula is C18H28ClN5O10P2. The molecule has 3 unspecified atom stereocenters. The lowest BCUT2D eigenvalue weighted by molar-refractivity contribution is -0.0204. The summed E-state index contributed by atoms with van der Waals surface area (Å²) in [6.45, 7) is -0.187. The Morgan fingerprint density at radius 1 is 1.19 bits per heavy atom. The molecule has 2 aromatic heterocycles. The molecule has 36 heavy (non-hydrogen) atoms. The molecule has 1 aliphatic heterocycles. The van der Waals surface area contributed by atoms with Crippen molar-refractivity contribution >= 4 is 38.3 Å². The molecule has 15 nitrogen and oxygen atoms in total. The van der Waals surface area contributed by atoms with Gasteiger partial charge in [0.1, 0.15) is 24.4 Å². The van der Waals surface area contributed by atoms with Crippen LogP contribution < -0.4 is 5.32 Å². The fourth-order valence-corrected chi connectivity index (χ4v) is 7.20. The predicted molar refractivity (Wildman–Crippen MR) is 125 cm³/mol. The van der Waals surface area contributed by atoms with E-state index < -0.39 is 52.1 Å². The number of hydrogen-bond donors (Lipinski definition) is 7. The van der Waals surface area contributed by atoms with E-state index in [4.69, 9.17) is 30.6 Å². The molecular weight excluding hydrogens is 544 g/mol. The molecule has 2 aliphatic rings. The van der Waals surface area contributed by atoms with E-state index in [-0.39, 0.29) is 28.6 Å². The Morgan fingerprint density at radius 2 is 1.94 bits per heavy atom. The molecule has 0 amide bonds. The van der Waals surface area contributed by atoms with Gasteiger partial charge in [0, 0.05) is 6.54 Å². The van der Waals surface area contributed by atoms with Gasteiger partial charge in [0.25, 0.3) is 0 Å². The second-order valence-electron chi connectivity index (χ2n) is 9.03. The highest BCUT2D eigenvalue weighted by Crippen LogP contribution is 2.55. The van der Waals surface area contributed by atoms with Gasteiger partial charge in [-0.3, -0.25) is 9.13 Å². The number of aromatic nitrogens is 4. The van der Waals surface area contributed by atoms with Gasteiger partial charge in [-0.2, -0.15) is 4.98 Å². The summed E-state index contributed by atoms with van der Waals surface area (Å²) in [4.78, 5) is 35.9. The first kappa shape index (κ1) is 27.8. The maximum atomic E-state index is 11.9. The Morgan fingerprint density at radius 3 is 2.64 bits per heavy atom. The first-order chi connectivity index (χ1) is 16.8. The van der Waals surface area contributed by atoms with Crippen LogP contribution in [0.15, 0.2) is 6.20 Å². The summed E-state index contributed by atoms with van der Waals surface area (Å²) < 4.78 is 34.6. The Hall–Kier alpha value is -1.22. The second kappa shape index (κ2) is 10.9. The summed E-state index contributed by atoms with van der Waals surface area (Å²) >= 11 is 6.10. The molecule has 2 aromatic rings. The number of anilines is 1. The monoisotopic (exact) mass is 571 g/mol. The molecule has 3 heterocycles. The van der Waals surface area contributed by atoms with Gasteiger partial charge in [0.15, 0.2) is 17.4 Å². The van der Waals surface area contributed by atoms with Gasteiger partial charge in [0.05, 0.1) is 24.6 Å². The Bertz CT molecular complexity index is 1180. The van der Waals surface area contributed by atoms with Gasteiger partial charge >= 0.3 is 15.2 Å². The van der Waals surface area contributed by atoms with E-state index in [2.05, 4.69) is 20.4 Å². The molecule has 0 aromatic carbocycles. The molecule has 0 radical (unpaired) electrons. The fourth-order valence-electron chi connectivity index (χ4n) is 4.47. The van der Waals surface area contributed by atoms with Crippen LogP contribution in [0.3, 0.4) is 0 Å². The van der Waals surface area contributed by atoms with E-state index in [1.807, 2.05) is 0 Å². The number of ether oxygens (including phenoxy) is 1. The highest BCUT2D eigenvalue weighted by atomic mass is 35.5. The summed E-state index contributed by atoms with van der Waals surface area (Å²) in [5.41, 5.74) is 0.485. The smallest absolute Gasteiger partial charge is 0.340 e. The highest BCUT2D eigenvalue weighted by molar-refractivity contribution is 7.70. The molecule has 1 saturated heterocycles. The topological polar surface area (TPSA) is 229 Å². The van der Waals surface area contributed by atoms with Crippen molar-refractivity contribution < 1.29 is 48.4 Å². The Balaban J connectivity index is 1.49. The van der Waals surface area contributed by atoms with Gasteiger partial charge in [-0.25, -0.2) is 9.50 Å². The third-order valence-corrected chi connectivity index (χ3v) is 9.75. The van der Waals surface area contributed by atoms with Crippen molar-refractivity contribution in [2.45, 2.75) is 56.2 Å². The van der Waals surface area contributed by atoms with Gasteiger partial charge in [-0.1, -0.05) is 6.42 Å². The van der Waals surface area contributed by atoms with Gasteiger partial charge in [-0.05, 0) is 36.8 Å². The van der Waals surface area contributed by atoms with Gasteiger partial charge in [-0.15, -0.1) is 5.10 Å². The van der Waals surface area contributed by atoms with Crippen LogP contribution in [0, 0.1) is 5.92 Å². The summed E-state index contributed by atoms with van der Waals surface area (Å²) in [6, 6.07) is 0. The number of hydrogen-bond acceptors (Lipinski definition) is 11. The largest absolute Gasteiger partial charge is 0.393 e. The third kappa shape index (κ3) is 6.61. The quantitative estimate of drug-likeness (QED) is 0.200. The van der Waals surface area contributed by atoms with E-state index in [9.17, 15) is 29.3 Å². The predicted octanol–water partition coefficient (Wildman–Crippen LogP) is 0.240. The van der Waals surface area contributed by atoms with Crippen molar-refractivity contribution in [1.29, 1.82) is 0 Å². The minimum atomic E-state index is -4.83. The van der Waals surface area contributed by atoms with Crippen LogP contribution in [0.1, 0.15) is 37.5 Å². The van der Waals surface area contributed by atoms with Crippen molar-refractivity contribution in [3.8, 4) is 0 Å². The number of halogens is 1. The average molecular weight is 572 g/mol. The fraction of sp³-hybridized carbons (Fsp3) is 0.722. The molecule has 1 saturated carbocycles. The Kier molecular flexibility index (Phi) is 8.40. The standard InChI is InChI=1S/C18H28ClN5O10P2/c19-18-22-16(20-5-9-2-1-3-10(25)4-9)17-21-6-11(24(17)23-18)15-14(27)13(26)12(34-15)7-33-36(31,32)8-35(28,29)30/h6,9-10,12-15,25-27H,1-5,7-8H2,(H,31,32)(H,20,22,23)(H2,28,29,30)/t9?,10?,12-,13-,14-,15+/m1/s1. The van der Waals surface area contributed by atoms with E-state index in [0.717, 1.165) is 19.3 Å². The zero-order chi connectivity index (χ0) is 26.3. The number of rotatable bonds is 9. The van der Waals surface area contributed by atoms with Crippen LogP contribution in [0.4, 0.5) is 5.82 Å². The number of nitrogens with one attached hydrogen (secondary N) is 1. The minimum absolute atomic E-state index is 0.125.